The number of nitrogens with zero attached hydrogens (tertiary/aromatic N) is 4. The van der Waals surface area contributed by atoms with Gasteiger partial charge in [-0.2, -0.15) is 0 Å². The fourth-order valence-corrected chi connectivity index (χ4v) is 11.3. The smallest absolute Gasteiger partial charge is 0.335 e. The third kappa shape index (κ3) is 13.4. The average molecular weight is 974 g/mol. The normalized spacial score (nSPS) is 26.7. The Hall–Kier alpha value is -1.83. The minimum absolute atomic E-state index is 0.0233. The summed E-state index contributed by atoms with van der Waals surface area (Å²) >= 11 is 0. The van der Waals surface area contributed by atoms with Crippen molar-refractivity contribution in [3.8, 4) is 0 Å². The lowest BCUT2D eigenvalue weighted by molar-refractivity contribution is -0.154. The van der Waals surface area contributed by atoms with E-state index in [-0.39, 0.29) is 55.1 Å². The third-order valence-corrected chi connectivity index (χ3v) is 26.3. The van der Waals surface area contributed by atoms with Crippen molar-refractivity contribution in [1.82, 2.24) is 18.9 Å². The van der Waals surface area contributed by atoms with Crippen molar-refractivity contribution in [2.24, 2.45) is 5.41 Å². The van der Waals surface area contributed by atoms with Crippen LogP contribution in [0.4, 0.5) is 4.79 Å². The van der Waals surface area contributed by atoms with E-state index in [4.69, 9.17) is 27.8 Å². The highest BCUT2D eigenvalue weighted by atomic mass is 28.4. The maximum Gasteiger partial charge on any atom is 0.335 e. The number of carbonyl (C=O) groups is 2. The number of aliphatic hydroxyl groups excluding tert-OH is 2. The van der Waals surface area contributed by atoms with Gasteiger partial charge in [-0.25, -0.2) is 19.1 Å². The second-order valence-electron chi connectivity index (χ2n) is 24.1. The van der Waals surface area contributed by atoms with Crippen LogP contribution in [-0.2, 0) is 45.7 Å². The van der Waals surface area contributed by atoms with Crippen LogP contribution in [0.3, 0.4) is 0 Å². The van der Waals surface area contributed by atoms with Crippen LogP contribution in [0.25, 0.3) is 0 Å². The van der Waals surface area contributed by atoms with Gasteiger partial charge < -0.3 is 38.0 Å². The van der Waals surface area contributed by atoms with Gasteiger partial charge in [-0.3, -0.25) is 19.1 Å². The number of amides is 3. The Balaban J connectivity index is 1.80. The number of hydrogen-bond donors (Lipinski definition) is 2. The van der Waals surface area contributed by atoms with E-state index in [0.29, 0.717) is 19.6 Å². The van der Waals surface area contributed by atoms with Gasteiger partial charge in [0, 0.05) is 60.5 Å². The van der Waals surface area contributed by atoms with Gasteiger partial charge in [0.2, 0.25) is 5.91 Å². The summed E-state index contributed by atoms with van der Waals surface area (Å²) in [5, 5.41) is 20.4. The first-order valence-electron chi connectivity index (χ1n) is 23.2. The van der Waals surface area contributed by atoms with Crippen molar-refractivity contribution in [2.45, 2.75) is 199 Å². The summed E-state index contributed by atoms with van der Waals surface area (Å²) in [6.07, 6.45) is -2.96. The van der Waals surface area contributed by atoms with E-state index in [0.717, 1.165) is 21.6 Å². The Morgan fingerprint density at radius 1 is 0.781 bits per heavy atom. The Morgan fingerprint density at radius 2 is 1.33 bits per heavy atom. The molecule has 3 fully saturated rings. The molecule has 16 nitrogen and oxygen atoms in total. The molecule has 0 radical (unpaired) electrons. The second kappa shape index (κ2) is 20.4. The van der Waals surface area contributed by atoms with Crippen LogP contribution >= 0.6 is 0 Å². The Bertz CT molecular complexity index is 1900. The lowest BCUT2D eigenvalue weighted by Gasteiger charge is -2.45. The molecule has 368 valence electrons. The Labute approximate surface area is 386 Å². The van der Waals surface area contributed by atoms with Gasteiger partial charge in [0.05, 0.1) is 30.8 Å². The topological polar surface area (TPSA) is 180 Å². The number of hydrogen-bond acceptors (Lipinski definition) is 12. The molecule has 1 unspecified atom stereocenters. The van der Waals surface area contributed by atoms with Crippen molar-refractivity contribution in [3.63, 3.8) is 0 Å². The quantitative estimate of drug-likeness (QED) is 0.106. The number of ether oxygens (including phenoxy) is 4. The fraction of sp³-hybridized carbons (Fsp3) is 0.864. The van der Waals surface area contributed by atoms with Gasteiger partial charge in [0.25, 0.3) is 5.56 Å². The summed E-state index contributed by atoms with van der Waals surface area (Å²) in [5.41, 5.74) is -2.47. The van der Waals surface area contributed by atoms with Gasteiger partial charge in [-0.05, 0) is 61.7 Å². The minimum Gasteiger partial charge on any atom is -0.414 e. The number of aromatic nitrogens is 2. The van der Waals surface area contributed by atoms with Crippen molar-refractivity contribution in [2.75, 3.05) is 39.7 Å². The van der Waals surface area contributed by atoms with Crippen molar-refractivity contribution < 1.29 is 47.6 Å². The lowest BCUT2D eigenvalue weighted by atomic mass is 9.80. The first-order valence-corrected chi connectivity index (χ1v) is 36.4. The summed E-state index contributed by atoms with van der Waals surface area (Å²) in [5.74, 6) is -0.545. The number of rotatable bonds is 20. The minimum atomic E-state index is -2.35. The van der Waals surface area contributed by atoms with E-state index in [1.54, 1.807) is 6.92 Å². The largest absolute Gasteiger partial charge is 0.414 e. The van der Waals surface area contributed by atoms with Crippen molar-refractivity contribution in [3.05, 3.63) is 32.6 Å². The summed E-state index contributed by atoms with van der Waals surface area (Å²) in [7, 11) is -7.60. The van der Waals surface area contributed by atoms with Crippen LogP contribution < -0.4 is 11.2 Å². The maximum absolute atomic E-state index is 14.7. The van der Waals surface area contributed by atoms with Gasteiger partial charge in [-0.1, -0.05) is 80.8 Å². The van der Waals surface area contributed by atoms with E-state index in [1.165, 1.54) is 15.7 Å². The van der Waals surface area contributed by atoms with Crippen LogP contribution in [0.2, 0.25) is 87.6 Å². The molecule has 7 atom stereocenters. The van der Waals surface area contributed by atoms with Gasteiger partial charge in [0.15, 0.2) is 16.6 Å². The SMILES string of the molecule is CC1(Cc2cn([C@H]3C[C@H](O[Si](C)(C)C(C)(C)C)[C@@H](CO[Si](C)(C)C(C)(C)C)O3)c(=O)n(COCC[Si](C)(C)C)c2=O)CN([C@H]2C[C@H](O)[C@@H](CO)O2)C(=O)N(COCC[Si](C)(C)C)C1=O. The molecule has 3 aliphatic heterocycles. The highest BCUT2D eigenvalue weighted by Crippen LogP contribution is 2.43. The zero-order chi connectivity index (χ0) is 48.6. The maximum atomic E-state index is 14.7. The number of imide groups is 1. The first kappa shape index (κ1) is 54.8. The fourth-order valence-electron chi connectivity index (χ4n) is 7.44. The summed E-state index contributed by atoms with van der Waals surface area (Å²) in [6.45, 7) is 36.6. The van der Waals surface area contributed by atoms with Crippen LogP contribution in [0.5, 0.6) is 0 Å². The molecule has 1 aromatic heterocycles. The molecular formula is C44H84N4O12Si4. The van der Waals surface area contributed by atoms with Gasteiger partial charge >= 0.3 is 11.7 Å². The molecule has 0 aromatic carbocycles. The molecule has 0 bridgehead atoms. The molecule has 4 heterocycles. The Kier molecular flexibility index (Phi) is 17.5. The van der Waals surface area contributed by atoms with E-state index in [1.807, 2.05) is 0 Å². The van der Waals surface area contributed by atoms with Crippen molar-refractivity contribution >= 4 is 44.7 Å². The Morgan fingerprint density at radius 3 is 1.84 bits per heavy atom. The second-order valence-corrected chi connectivity index (χ2v) is 44.9. The molecule has 0 spiro atoms. The molecular weight excluding hydrogens is 889 g/mol. The molecule has 3 saturated heterocycles. The molecule has 0 saturated carbocycles. The number of urea groups is 1. The molecule has 20 heteroatoms. The lowest BCUT2D eigenvalue weighted by Crippen LogP contribution is -2.64. The number of carbonyl (C=O) groups excluding carboxylic acids is 2. The molecule has 4 rings (SSSR count). The zero-order valence-corrected chi connectivity index (χ0v) is 46.3. The van der Waals surface area contributed by atoms with Crippen LogP contribution in [0.1, 0.15) is 73.1 Å². The van der Waals surface area contributed by atoms with E-state index in [2.05, 4.69) is 107 Å². The van der Waals surface area contributed by atoms with Gasteiger partial charge in [-0.15, -0.1) is 0 Å². The monoisotopic (exact) mass is 973 g/mol. The van der Waals surface area contributed by atoms with Crippen molar-refractivity contribution in [1.29, 1.82) is 0 Å². The molecule has 64 heavy (non-hydrogen) atoms. The standard InChI is InChI=1S/C44H84N4O12Si4/c1-42(2,3)63(14,15)57-27-35-33(60-64(16,17)43(4,5)6)23-37(59-35)45-25-31(38(51)47(40(45)53)29-55-18-20-61(8,9)10)24-44(7)28-46(36-22-32(50)34(26-49)58-36)41(54)48(39(44)52)30-56-19-21-62(11,12)13/h25,32-37,49-50H,18-24,26-30H2,1-17H3/t32-,33-,34+,35+,36+,37+,44?/m0/s1. The highest BCUT2D eigenvalue weighted by Gasteiger charge is 2.53. The molecule has 2 N–H and O–H groups in total. The highest BCUT2D eigenvalue weighted by molar-refractivity contribution is 6.76. The van der Waals surface area contributed by atoms with Crippen LogP contribution in [0, 0.1) is 5.41 Å². The van der Waals surface area contributed by atoms with Crippen LogP contribution in [-0.4, -0.2) is 144 Å². The van der Waals surface area contributed by atoms with Gasteiger partial charge in [0.1, 0.15) is 38.1 Å². The molecule has 0 aliphatic carbocycles. The summed E-state index contributed by atoms with van der Waals surface area (Å²) in [6, 6.07) is 0.989. The number of aliphatic hydroxyl groups is 2. The zero-order valence-electron chi connectivity index (χ0n) is 42.3. The molecule has 1 aromatic rings. The average Bonchev–Trinajstić information content (AvgIpc) is 3.72. The van der Waals surface area contributed by atoms with Crippen LogP contribution in [0.15, 0.2) is 15.8 Å². The molecule has 3 amide bonds. The predicted molar refractivity (Wildman–Crippen MR) is 259 cm³/mol. The van der Waals surface area contributed by atoms with E-state index in [9.17, 15) is 29.4 Å². The third-order valence-electron chi connectivity index (χ3n) is 13.9. The first-order chi connectivity index (χ1) is 29.1. The van der Waals surface area contributed by atoms with E-state index < -0.39 is 105 Å². The van der Waals surface area contributed by atoms with E-state index >= 15 is 0 Å². The summed E-state index contributed by atoms with van der Waals surface area (Å²) in [4.78, 5) is 60.4. The predicted octanol–water partition coefficient (Wildman–Crippen LogP) is 6.62. The molecule has 3 aliphatic rings. The summed E-state index contributed by atoms with van der Waals surface area (Å²) < 4.78 is 41.0.